The number of allylic oxidation sites excluding steroid dienone is 1. The lowest BCUT2D eigenvalue weighted by Gasteiger charge is -2.08. The van der Waals surface area contributed by atoms with E-state index in [0.717, 1.165) is 19.3 Å². The molecule has 0 amide bonds. The van der Waals surface area contributed by atoms with E-state index >= 15 is 0 Å². The molecule has 1 aliphatic rings. The average Bonchev–Trinajstić information content (AvgIpc) is 2.90. The second-order valence-electron chi connectivity index (χ2n) is 4.72. The van der Waals surface area contributed by atoms with Crippen LogP contribution in [0, 0.1) is 0 Å². The minimum atomic E-state index is -0.189. The molecule has 0 bridgehead atoms. The van der Waals surface area contributed by atoms with Gasteiger partial charge >= 0.3 is 5.97 Å². The second-order valence-corrected chi connectivity index (χ2v) is 4.72. The normalized spacial score (nSPS) is 19.9. The van der Waals surface area contributed by atoms with Crippen LogP contribution in [0.1, 0.15) is 32.3 Å². The number of esters is 1. The Morgan fingerprint density at radius 3 is 2.94 bits per heavy atom. The molecule has 0 N–H and O–H groups in total. The summed E-state index contributed by atoms with van der Waals surface area (Å²) < 4.78 is 10.2. The summed E-state index contributed by atoms with van der Waals surface area (Å²) in [5.74, 6) is -0.189. The summed E-state index contributed by atoms with van der Waals surface area (Å²) in [5, 5.41) is 0. The van der Waals surface area contributed by atoms with Gasteiger partial charge in [-0.3, -0.25) is 0 Å². The van der Waals surface area contributed by atoms with Gasteiger partial charge in [-0.2, -0.15) is 0 Å². The predicted molar refractivity (Wildman–Crippen MR) is 69.0 cm³/mol. The summed E-state index contributed by atoms with van der Waals surface area (Å²) in [6.07, 6.45) is 10.2. The largest absolute Gasteiger partial charge is 0.472 e. The highest BCUT2D eigenvalue weighted by Crippen LogP contribution is 2.19. The molecule has 96 valence electrons. The van der Waals surface area contributed by atoms with Crippen molar-refractivity contribution in [2.45, 2.75) is 39.2 Å². The highest BCUT2D eigenvalue weighted by atomic mass is 16.5. The van der Waals surface area contributed by atoms with Gasteiger partial charge < -0.3 is 9.15 Å². The maximum Gasteiger partial charge on any atom is 0.334 e. The Morgan fingerprint density at radius 1 is 1.50 bits per heavy atom. The fraction of sp³-hybridized carbons (Fsp3) is 0.400. The number of furan rings is 1. The third-order valence-electron chi connectivity index (χ3n) is 3.05. The Bertz CT molecular complexity index is 466. The van der Waals surface area contributed by atoms with E-state index in [-0.39, 0.29) is 12.1 Å². The molecule has 0 aliphatic carbocycles. The first-order chi connectivity index (χ1) is 8.65. The molecule has 0 fully saturated rings. The van der Waals surface area contributed by atoms with Crippen LogP contribution in [0.25, 0.3) is 0 Å². The number of hydrogen-bond donors (Lipinski definition) is 0. The van der Waals surface area contributed by atoms with Crippen LogP contribution < -0.4 is 0 Å². The van der Waals surface area contributed by atoms with Crippen molar-refractivity contribution in [2.24, 2.45) is 0 Å². The van der Waals surface area contributed by atoms with Crippen molar-refractivity contribution in [1.82, 2.24) is 0 Å². The molecule has 2 rings (SSSR count). The van der Waals surface area contributed by atoms with Gasteiger partial charge in [-0.1, -0.05) is 11.6 Å². The van der Waals surface area contributed by atoms with Gasteiger partial charge in [0.05, 0.1) is 12.5 Å². The van der Waals surface area contributed by atoms with Crippen molar-refractivity contribution < 1.29 is 13.9 Å². The predicted octanol–water partition coefficient (Wildman–Crippen LogP) is 3.42. The van der Waals surface area contributed by atoms with Crippen LogP contribution >= 0.6 is 0 Å². The Balaban J connectivity index is 1.78. The van der Waals surface area contributed by atoms with Crippen LogP contribution in [0.5, 0.6) is 0 Å². The molecule has 1 atom stereocenters. The van der Waals surface area contributed by atoms with Crippen molar-refractivity contribution in [1.29, 1.82) is 0 Å². The lowest BCUT2D eigenvalue weighted by atomic mass is 10.1. The van der Waals surface area contributed by atoms with E-state index in [9.17, 15) is 4.79 Å². The summed E-state index contributed by atoms with van der Waals surface area (Å²) in [4.78, 5) is 11.2. The van der Waals surface area contributed by atoms with Crippen LogP contribution in [0.2, 0.25) is 0 Å². The molecule has 2 heterocycles. The summed E-state index contributed by atoms with van der Waals surface area (Å²) in [5.41, 5.74) is 3.18. The van der Waals surface area contributed by atoms with E-state index in [4.69, 9.17) is 9.15 Å². The number of carbonyl (C=O) groups excluding carboxylic acids is 1. The number of aryl methyl sites for hydroxylation is 1. The first kappa shape index (κ1) is 12.7. The van der Waals surface area contributed by atoms with Crippen molar-refractivity contribution >= 4 is 5.97 Å². The number of ether oxygens (including phenoxy) is 1. The van der Waals surface area contributed by atoms with Gasteiger partial charge in [0.15, 0.2) is 0 Å². The summed E-state index contributed by atoms with van der Waals surface area (Å²) in [6.45, 7) is 3.87. The van der Waals surface area contributed by atoms with Gasteiger partial charge in [0.1, 0.15) is 6.10 Å². The molecule has 0 saturated carbocycles. The van der Waals surface area contributed by atoms with Gasteiger partial charge in [-0.15, -0.1) is 0 Å². The third-order valence-corrected chi connectivity index (χ3v) is 3.05. The third kappa shape index (κ3) is 3.36. The summed E-state index contributed by atoms with van der Waals surface area (Å²) >= 11 is 0. The quantitative estimate of drug-likeness (QED) is 0.590. The SMILES string of the molecule is CC(=CCCc1ccoc1)CC1C=C(C)C(=O)O1. The smallest absolute Gasteiger partial charge is 0.334 e. The van der Waals surface area contributed by atoms with E-state index < -0.39 is 0 Å². The summed E-state index contributed by atoms with van der Waals surface area (Å²) in [6, 6.07) is 1.98. The number of cyclic esters (lactones) is 1. The highest BCUT2D eigenvalue weighted by Gasteiger charge is 2.21. The van der Waals surface area contributed by atoms with Gasteiger partial charge in [0.25, 0.3) is 0 Å². The zero-order chi connectivity index (χ0) is 13.0. The Kier molecular flexibility index (Phi) is 4.03. The highest BCUT2D eigenvalue weighted by molar-refractivity contribution is 5.90. The molecule has 1 aromatic heterocycles. The molecule has 0 saturated heterocycles. The molecule has 18 heavy (non-hydrogen) atoms. The van der Waals surface area contributed by atoms with Gasteiger partial charge in [0.2, 0.25) is 0 Å². The zero-order valence-corrected chi connectivity index (χ0v) is 10.8. The van der Waals surface area contributed by atoms with E-state index in [0.29, 0.717) is 5.57 Å². The van der Waals surface area contributed by atoms with Crippen molar-refractivity contribution in [3.05, 3.63) is 47.5 Å². The molecular weight excluding hydrogens is 228 g/mol. The fourth-order valence-electron chi connectivity index (χ4n) is 2.03. The zero-order valence-electron chi connectivity index (χ0n) is 10.8. The monoisotopic (exact) mass is 246 g/mol. The van der Waals surface area contributed by atoms with E-state index in [2.05, 4.69) is 13.0 Å². The van der Waals surface area contributed by atoms with Crippen LogP contribution in [0.3, 0.4) is 0 Å². The number of carbonyl (C=O) groups is 1. The minimum Gasteiger partial charge on any atom is -0.472 e. The van der Waals surface area contributed by atoms with Crippen molar-refractivity contribution in [3.8, 4) is 0 Å². The lowest BCUT2D eigenvalue weighted by molar-refractivity contribution is -0.139. The molecular formula is C15H18O3. The first-order valence-corrected chi connectivity index (χ1v) is 6.21. The van der Waals surface area contributed by atoms with E-state index in [1.165, 1.54) is 11.1 Å². The Hall–Kier alpha value is -1.77. The molecule has 3 nitrogen and oxygen atoms in total. The van der Waals surface area contributed by atoms with Gasteiger partial charge in [0, 0.05) is 12.0 Å². The topological polar surface area (TPSA) is 39.4 Å². The summed E-state index contributed by atoms with van der Waals surface area (Å²) in [7, 11) is 0. The minimum absolute atomic E-state index is 0.0809. The van der Waals surface area contributed by atoms with Crippen LogP contribution in [0.15, 0.2) is 46.3 Å². The lowest BCUT2D eigenvalue weighted by Crippen LogP contribution is -2.08. The molecule has 0 spiro atoms. The van der Waals surface area contributed by atoms with Crippen LogP contribution in [-0.4, -0.2) is 12.1 Å². The number of hydrogen-bond acceptors (Lipinski definition) is 3. The first-order valence-electron chi connectivity index (χ1n) is 6.21. The molecule has 0 radical (unpaired) electrons. The van der Waals surface area contributed by atoms with Crippen LogP contribution in [-0.2, 0) is 16.0 Å². The van der Waals surface area contributed by atoms with Crippen molar-refractivity contribution in [3.63, 3.8) is 0 Å². The van der Waals surface area contributed by atoms with Gasteiger partial charge in [-0.25, -0.2) is 4.79 Å². The molecule has 3 heteroatoms. The fourth-order valence-corrected chi connectivity index (χ4v) is 2.03. The molecule has 1 aliphatic heterocycles. The standard InChI is InChI=1S/C15H18O3/c1-11(4-3-5-13-6-7-17-10-13)8-14-9-12(2)15(16)18-14/h4,6-7,9-10,14H,3,5,8H2,1-2H3. The van der Waals surface area contributed by atoms with Gasteiger partial charge in [-0.05, 0) is 44.4 Å². The molecule has 1 unspecified atom stereocenters. The van der Waals surface area contributed by atoms with E-state index in [1.54, 1.807) is 19.5 Å². The Morgan fingerprint density at radius 2 is 2.33 bits per heavy atom. The van der Waals surface area contributed by atoms with Crippen molar-refractivity contribution in [2.75, 3.05) is 0 Å². The molecule has 1 aromatic rings. The maximum atomic E-state index is 11.2. The van der Waals surface area contributed by atoms with E-state index in [1.807, 2.05) is 12.1 Å². The second kappa shape index (κ2) is 5.71. The maximum absolute atomic E-state index is 11.2. The average molecular weight is 246 g/mol. The number of rotatable bonds is 5. The Labute approximate surface area is 107 Å². The van der Waals surface area contributed by atoms with Crippen LogP contribution in [0.4, 0.5) is 0 Å². The molecule has 0 aromatic carbocycles.